The molecule has 1 aliphatic rings. The predicted molar refractivity (Wildman–Crippen MR) is 113 cm³/mol. The molecule has 1 saturated heterocycles. The first-order valence-corrected chi connectivity index (χ1v) is 11.4. The first-order chi connectivity index (χ1) is 13.8. The molecule has 1 aromatic carbocycles. The number of hydrogen-bond acceptors (Lipinski definition) is 6. The average molecular weight is 429 g/mol. The third kappa shape index (κ3) is 6.40. The summed E-state index contributed by atoms with van der Waals surface area (Å²) in [6.45, 7) is 2.42. The van der Waals surface area contributed by atoms with Crippen LogP contribution < -0.4 is 24.8 Å². The molecular formula is C19H32N4O5S. The minimum Gasteiger partial charge on any atom is -0.493 e. The van der Waals surface area contributed by atoms with Crippen molar-refractivity contribution in [2.45, 2.75) is 19.4 Å². The second-order valence-corrected chi connectivity index (χ2v) is 8.93. The van der Waals surface area contributed by atoms with Gasteiger partial charge in [-0.3, -0.25) is 4.99 Å². The molecule has 1 aliphatic heterocycles. The van der Waals surface area contributed by atoms with Crippen molar-refractivity contribution < 1.29 is 22.6 Å². The van der Waals surface area contributed by atoms with Gasteiger partial charge in [-0.15, -0.1) is 0 Å². The fourth-order valence-corrected chi connectivity index (χ4v) is 4.20. The Balaban J connectivity index is 1.88. The summed E-state index contributed by atoms with van der Waals surface area (Å²) < 4.78 is 40.9. The Kier molecular flexibility index (Phi) is 8.39. The summed E-state index contributed by atoms with van der Waals surface area (Å²) in [6.07, 6.45) is 2.94. The molecule has 2 rings (SSSR count). The van der Waals surface area contributed by atoms with Gasteiger partial charge in [0.2, 0.25) is 15.8 Å². The number of methoxy groups -OCH3 is 3. The number of nitrogens with zero attached hydrogens (tertiary/aromatic N) is 2. The van der Waals surface area contributed by atoms with E-state index in [2.05, 4.69) is 15.6 Å². The number of benzene rings is 1. The smallest absolute Gasteiger partial charge is 0.211 e. The highest BCUT2D eigenvalue weighted by Crippen LogP contribution is 2.38. The maximum atomic E-state index is 11.6. The lowest BCUT2D eigenvalue weighted by molar-refractivity contribution is 0.275. The van der Waals surface area contributed by atoms with Crippen LogP contribution in [0.15, 0.2) is 17.1 Å². The number of aliphatic imine (C=N–C) groups is 1. The second-order valence-electron chi connectivity index (χ2n) is 6.95. The van der Waals surface area contributed by atoms with Crippen molar-refractivity contribution in [3.8, 4) is 17.2 Å². The normalized spacial score (nSPS) is 16.4. The summed E-state index contributed by atoms with van der Waals surface area (Å²) in [5.74, 6) is 2.85. The minimum atomic E-state index is -3.09. The van der Waals surface area contributed by atoms with Crippen molar-refractivity contribution in [2.24, 2.45) is 10.9 Å². The standard InChI is InChI=1S/C19H32N4O5S/c1-20-19(21-12-14-6-8-23(9-7-14)29(5,24)25)22-13-15-10-16(26-2)18(28-4)17(11-15)27-3/h10-11,14H,6-9,12-13H2,1-5H3,(H2,20,21,22). The van der Waals surface area contributed by atoms with E-state index in [1.54, 1.807) is 32.7 Å². The Labute approximate surface area is 173 Å². The van der Waals surface area contributed by atoms with Gasteiger partial charge in [0.15, 0.2) is 17.5 Å². The summed E-state index contributed by atoms with van der Waals surface area (Å²) in [5, 5.41) is 6.61. The highest BCUT2D eigenvalue weighted by Gasteiger charge is 2.24. The number of guanidine groups is 1. The highest BCUT2D eigenvalue weighted by atomic mass is 32.2. The van der Waals surface area contributed by atoms with Crippen molar-refractivity contribution in [3.05, 3.63) is 17.7 Å². The van der Waals surface area contributed by atoms with Gasteiger partial charge in [-0.05, 0) is 36.5 Å². The molecule has 0 saturated carbocycles. The molecule has 1 fully saturated rings. The van der Waals surface area contributed by atoms with Crippen molar-refractivity contribution in [3.63, 3.8) is 0 Å². The quantitative estimate of drug-likeness (QED) is 0.471. The SMILES string of the molecule is CN=C(NCc1cc(OC)c(OC)c(OC)c1)NCC1CCN(S(C)(=O)=O)CC1. The summed E-state index contributed by atoms with van der Waals surface area (Å²) in [5.41, 5.74) is 0.962. The zero-order valence-electron chi connectivity index (χ0n) is 17.8. The largest absolute Gasteiger partial charge is 0.493 e. The molecule has 10 heteroatoms. The molecule has 1 heterocycles. The molecule has 0 radical (unpaired) electrons. The lowest BCUT2D eigenvalue weighted by atomic mass is 9.98. The van der Waals surface area contributed by atoms with Crippen LogP contribution in [-0.2, 0) is 16.6 Å². The van der Waals surface area contributed by atoms with Crippen LogP contribution >= 0.6 is 0 Å². The third-order valence-electron chi connectivity index (χ3n) is 5.01. The molecule has 0 spiro atoms. The van der Waals surface area contributed by atoms with Crippen LogP contribution in [0.2, 0.25) is 0 Å². The predicted octanol–water partition coefficient (Wildman–Crippen LogP) is 1.05. The number of rotatable bonds is 8. The van der Waals surface area contributed by atoms with Crippen molar-refractivity contribution in [1.82, 2.24) is 14.9 Å². The molecule has 0 aliphatic carbocycles. The van der Waals surface area contributed by atoms with Crippen molar-refractivity contribution in [2.75, 3.05) is 54.3 Å². The molecule has 0 aromatic heterocycles. The van der Waals surface area contributed by atoms with E-state index in [0.717, 1.165) is 24.9 Å². The van der Waals surface area contributed by atoms with Crippen LogP contribution in [0.3, 0.4) is 0 Å². The lowest BCUT2D eigenvalue weighted by Crippen LogP contribution is -2.43. The Bertz CT molecular complexity index is 780. The van der Waals surface area contributed by atoms with Gasteiger partial charge in [0.1, 0.15) is 0 Å². The fourth-order valence-electron chi connectivity index (χ4n) is 3.33. The molecule has 9 nitrogen and oxygen atoms in total. The molecule has 29 heavy (non-hydrogen) atoms. The molecule has 0 bridgehead atoms. The topological polar surface area (TPSA) is 101 Å². The third-order valence-corrected chi connectivity index (χ3v) is 6.31. The van der Waals surface area contributed by atoms with E-state index in [1.165, 1.54) is 6.26 Å². The number of sulfonamides is 1. The highest BCUT2D eigenvalue weighted by molar-refractivity contribution is 7.88. The summed E-state index contributed by atoms with van der Waals surface area (Å²) >= 11 is 0. The van der Waals surface area contributed by atoms with E-state index in [1.807, 2.05) is 12.1 Å². The minimum absolute atomic E-state index is 0.410. The van der Waals surface area contributed by atoms with E-state index >= 15 is 0 Å². The van der Waals surface area contributed by atoms with Crippen molar-refractivity contribution in [1.29, 1.82) is 0 Å². The second kappa shape index (κ2) is 10.5. The van der Waals surface area contributed by atoms with Crippen LogP contribution in [0.25, 0.3) is 0 Å². The molecular weight excluding hydrogens is 396 g/mol. The first kappa shape index (κ1) is 23.1. The molecule has 2 N–H and O–H groups in total. The first-order valence-electron chi connectivity index (χ1n) is 9.50. The molecule has 0 unspecified atom stereocenters. The van der Waals surface area contributed by atoms with E-state index in [4.69, 9.17) is 14.2 Å². The maximum Gasteiger partial charge on any atom is 0.211 e. The average Bonchev–Trinajstić information content (AvgIpc) is 2.72. The van der Waals surface area contributed by atoms with Gasteiger partial charge in [-0.2, -0.15) is 0 Å². The molecule has 0 amide bonds. The van der Waals surface area contributed by atoms with Gasteiger partial charge < -0.3 is 24.8 Å². The monoisotopic (exact) mass is 428 g/mol. The van der Waals surface area contributed by atoms with Gasteiger partial charge in [0.05, 0.1) is 27.6 Å². The molecule has 1 aromatic rings. The maximum absolute atomic E-state index is 11.6. The van der Waals surface area contributed by atoms with Gasteiger partial charge in [0, 0.05) is 33.2 Å². The van der Waals surface area contributed by atoms with Gasteiger partial charge >= 0.3 is 0 Å². The lowest BCUT2D eigenvalue weighted by Gasteiger charge is -2.30. The van der Waals surface area contributed by atoms with E-state index in [9.17, 15) is 8.42 Å². The molecule has 164 valence electrons. The summed E-state index contributed by atoms with van der Waals surface area (Å²) in [7, 11) is 3.37. The Morgan fingerprint density at radius 3 is 2.14 bits per heavy atom. The van der Waals surface area contributed by atoms with E-state index < -0.39 is 10.0 Å². The Morgan fingerprint density at radius 1 is 1.10 bits per heavy atom. The number of ether oxygens (including phenoxy) is 3. The number of nitrogens with one attached hydrogen (secondary N) is 2. The number of hydrogen-bond donors (Lipinski definition) is 2. The van der Waals surface area contributed by atoms with Crippen LogP contribution in [0.1, 0.15) is 18.4 Å². The van der Waals surface area contributed by atoms with Gasteiger partial charge in [0.25, 0.3) is 0 Å². The zero-order chi connectivity index (χ0) is 21.4. The Hall–Kier alpha value is -2.20. The zero-order valence-corrected chi connectivity index (χ0v) is 18.6. The Morgan fingerprint density at radius 2 is 1.69 bits per heavy atom. The van der Waals surface area contributed by atoms with Gasteiger partial charge in [-0.25, -0.2) is 12.7 Å². The summed E-state index contributed by atoms with van der Waals surface area (Å²) in [4.78, 5) is 4.26. The molecule has 0 atom stereocenters. The van der Waals surface area contributed by atoms with Gasteiger partial charge in [-0.1, -0.05) is 0 Å². The van der Waals surface area contributed by atoms with Crippen LogP contribution in [0.5, 0.6) is 17.2 Å². The van der Waals surface area contributed by atoms with E-state index in [0.29, 0.717) is 48.8 Å². The van der Waals surface area contributed by atoms with E-state index in [-0.39, 0.29) is 0 Å². The number of piperidine rings is 1. The van der Waals surface area contributed by atoms with Crippen LogP contribution in [0, 0.1) is 5.92 Å². The summed E-state index contributed by atoms with van der Waals surface area (Å²) in [6, 6.07) is 3.78. The van der Waals surface area contributed by atoms with Crippen LogP contribution in [-0.4, -0.2) is 72.9 Å². The van der Waals surface area contributed by atoms with Crippen molar-refractivity contribution >= 4 is 16.0 Å². The van der Waals surface area contributed by atoms with Crippen LogP contribution in [0.4, 0.5) is 0 Å². The fraction of sp³-hybridized carbons (Fsp3) is 0.632.